The van der Waals surface area contributed by atoms with Crippen LogP contribution in [0.25, 0.3) is 0 Å². The van der Waals surface area contributed by atoms with Crippen LogP contribution in [0.15, 0.2) is 0 Å². The van der Waals surface area contributed by atoms with Crippen LogP contribution in [0.1, 0.15) is 19.3 Å². The second kappa shape index (κ2) is 3.57. The lowest BCUT2D eigenvalue weighted by molar-refractivity contribution is 0.147. The molecule has 1 aliphatic heterocycles. The summed E-state index contributed by atoms with van der Waals surface area (Å²) in [7, 11) is 0. The SMILES string of the molecule is NC1CCCN(C(=O)O)CC1. The molecule has 64 valence electrons. The van der Waals surface area contributed by atoms with Gasteiger partial charge in [0, 0.05) is 19.1 Å². The Morgan fingerprint density at radius 3 is 2.82 bits per heavy atom. The van der Waals surface area contributed by atoms with Gasteiger partial charge in [-0.3, -0.25) is 0 Å². The van der Waals surface area contributed by atoms with Gasteiger partial charge < -0.3 is 15.7 Å². The zero-order chi connectivity index (χ0) is 8.27. The molecule has 0 aromatic rings. The molecule has 1 unspecified atom stereocenters. The van der Waals surface area contributed by atoms with Gasteiger partial charge in [0.05, 0.1) is 0 Å². The van der Waals surface area contributed by atoms with Gasteiger partial charge in [-0.2, -0.15) is 0 Å². The lowest BCUT2D eigenvalue weighted by Gasteiger charge is -2.15. The second-order valence-corrected chi connectivity index (χ2v) is 2.96. The number of amides is 1. The van der Waals surface area contributed by atoms with Gasteiger partial charge in [0.1, 0.15) is 0 Å². The number of carbonyl (C=O) groups is 1. The number of nitrogens with zero attached hydrogens (tertiary/aromatic N) is 1. The topological polar surface area (TPSA) is 66.6 Å². The van der Waals surface area contributed by atoms with Crippen LogP contribution >= 0.6 is 0 Å². The third kappa shape index (κ3) is 2.38. The molecule has 0 bridgehead atoms. The van der Waals surface area contributed by atoms with E-state index < -0.39 is 6.09 Å². The van der Waals surface area contributed by atoms with Gasteiger partial charge >= 0.3 is 6.09 Å². The smallest absolute Gasteiger partial charge is 0.407 e. The predicted octanol–water partition coefficient (Wildman–Crippen LogP) is 0.478. The van der Waals surface area contributed by atoms with Gasteiger partial charge in [-0.1, -0.05) is 0 Å². The summed E-state index contributed by atoms with van der Waals surface area (Å²) in [5, 5.41) is 8.63. The summed E-state index contributed by atoms with van der Waals surface area (Å²) in [4.78, 5) is 11.9. The molecule has 0 aromatic carbocycles. The van der Waals surface area contributed by atoms with E-state index in [2.05, 4.69) is 0 Å². The number of carboxylic acid groups (broad SMARTS) is 1. The summed E-state index contributed by atoms with van der Waals surface area (Å²) in [6.45, 7) is 1.24. The van der Waals surface area contributed by atoms with E-state index in [1.807, 2.05) is 0 Å². The molecular weight excluding hydrogens is 144 g/mol. The Hall–Kier alpha value is -0.770. The average Bonchev–Trinajstić information content (AvgIpc) is 2.13. The van der Waals surface area contributed by atoms with Gasteiger partial charge in [0.15, 0.2) is 0 Å². The fourth-order valence-electron chi connectivity index (χ4n) is 1.31. The number of nitrogens with two attached hydrogens (primary N) is 1. The van der Waals surface area contributed by atoms with E-state index in [9.17, 15) is 4.79 Å². The normalized spacial score (nSPS) is 26.3. The molecule has 1 fully saturated rings. The van der Waals surface area contributed by atoms with Crippen molar-refractivity contribution in [2.24, 2.45) is 5.73 Å². The van der Waals surface area contributed by atoms with E-state index in [4.69, 9.17) is 10.8 Å². The van der Waals surface area contributed by atoms with Crippen LogP contribution < -0.4 is 5.73 Å². The highest BCUT2D eigenvalue weighted by molar-refractivity contribution is 5.64. The van der Waals surface area contributed by atoms with Crippen LogP contribution in [0, 0.1) is 0 Å². The van der Waals surface area contributed by atoms with E-state index in [0.29, 0.717) is 13.1 Å². The fraction of sp³-hybridized carbons (Fsp3) is 0.857. The minimum atomic E-state index is -0.820. The fourth-order valence-corrected chi connectivity index (χ4v) is 1.31. The molecule has 0 aromatic heterocycles. The van der Waals surface area contributed by atoms with Crippen molar-refractivity contribution < 1.29 is 9.90 Å². The van der Waals surface area contributed by atoms with E-state index >= 15 is 0 Å². The number of hydrogen-bond acceptors (Lipinski definition) is 2. The van der Waals surface area contributed by atoms with E-state index in [-0.39, 0.29) is 6.04 Å². The number of rotatable bonds is 0. The van der Waals surface area contributed by atoms with Crippen molar-refractivity contribution in [3.8, 4) is 0 Å². The summed E-state index contributed by atoms with van der Waals surface area (Å²) in [5.41, 5.74) is 5.68. The first-order valence-corrected chi connectivity index (χ1v) is 3.93. The molecule has 1 heterocycles. The number of hydrogen-bond donors (Lipinski definition) is 2. The van der Waals surface area contributed by atoms with Crippen molar-refractivity contribution in [3.05, 3.63) is 0 Å². The van der Waals surface area contributed by atoms with Crippen molar-refractivity contribution in [1.29, 1.82) is 0 Å². The van der Waals surface area contributed by atoms with E-state index in [0.717, 1.165) is 19.3 Å². The maximum atomic E-state index is 10.5. The van der Waals surface area contributed by atoms with Crippen molar-refractivity contribution in [3.63, 3.8) is 0 Å². The molecule has 3 N–H and O–H groups in total. The lowest BCUT2D eigenvalue weighted by atomic mass is 10.1. The van der Waals surface area contributed by atoms with Crippen LogP contribution in [0.3, 0.4) is 0 Å². The van der Waals surface area contributed by atoms with Crippen molar-refractivity contribution >= 4 is 6.09 Å². The summed E-state index contributed by atoms with van der Waals surface area (Å²) >= 11 is 0. The Balaban J connectivity index is 2.40. The Morgan fingerprint density at radius 1 is 1.45 bits per heavy atom. The third-order valence-electron chi connectivity index (χ3n) is 2.04. The Kier molecular flexibility index (Phi) is 2.70. The van der Waals surface area contributed by atoms with Crippen molar-refractivity contribution in [2.75, 3.05) is 13.1 Å². The first-order valence-electron chi connectivity index (χ1n) is 3.93. The molecule has 11 heavy (non-hydrogen) atoms. The highest BCUT2D eigenvalue weighted by atomic mass is 16.4. The molecule has 1 rings (SSSR count). The van der Waals surface area contributed by atoms with Gasteiger partial charge in [-0.05, 0) is 19.3 Å². The standard InChI is InChI=1S/C7H14N2O2/c8-6-2-1-4-9(5-3-6)7(10)11/h6H,1-5,8H2,(H,10,11). The Labute approximate surface area is 66.0 Å². The molecule has 0 aliphatic carbocycles. The van der Waals surface area contributed by atoms with Crippen LogP contribution in [0.5, 0.6) is 0 Å². The predicted molar refractivity (Wildman–Crippen MR) is 41.4 cm³/mol. The largest absolute Gasteiger partial charge is 0.465 e. The maximum Gasteiger partial charge on any atom is 0.407 e. The molecule has 1 atom stereocenters. The van der Waals surface area contributed by atoms with Crippen LogP contribution in [-0.4, -0.2) is 35.2 Å². The minimum absolute atomic E-state index is 0.194. The zero-order valence-electron chi connectivity index (χ0n) is 6.49. The highest BCUT2D eigenvalue weighted by Gasteiger charge is 2.16. The average molecular weight is 158 g/mol. The van der Waals surface area contributed by atoms with Crippen LogP contribution in [0.2, 0.25) is 0 Å². The first kappa shape index (κ1) is 8.33. The molecular formula is C7H14N2O2. The summed E-state index contributed by atoms with van der Waals surface area (Å²) < 4.78 is 0. The van der Waals surface area contributed by atoms with Crippen LogP contribution in [0.4, 0.5) is 4.79 Å². The van der Waals surface area contributed by atoms with Crippen molar-refractivity contribution in [2.45, 2.75) is 25.3 Å². The van der Waals surface area contributed by atoms with Gasteiger partial charge in [0.25, 0.3) is 0 Å². The molecule has 0 saturated carbocycles. The monoisotopic (exact) mass is 158 g/mol. The molecule has 1 aliphatic rings. The molecule has 0 spiro atoms. The first-order chi connectivity index (χ1) is 5.20. The Bertz CT molecular complexity index is 149. The molecule has 4 heteroatoms. The van der Waals surface area contributed by atoms with Crippen LogP contribution in [-0.2, 0) is 0 Å². The molecule has 0 radical (unpaired) electrons. The van der Waals surface area contributed by atoms with Gasteiger partial charge in [0.2, 0.25) is 0 Å². The molecule has 1 amide bonds. The van der Waals surface area contributed by atoms with Crippen molar-refractivity contribution in [1.82, 2.24) is 4.90 Å². The Morgan fingerprint density at radius 2 is 2.18 bits per heavy atom. The summed E-state index contributed by atoms with van der Waals surface area (Å²) in [6, 6.07) is 0.194. The highest BCUT2D eigenvalue weighted by Crippen LogP contribution is 2.08. The van der Waals surface area contributed by atoms with Gasteiger partial charge in [-0.15, -0.1) is 0 Å². The third-order valence-corrected chi connectivity index (χ3v) is 2.04. The van der Waals surface area contributed by atoms with E-state index in [1.54, 1.807) is 0 Å². The molecule has 1 saturated heterocycles. The van der Waals surface area contributed by atoms with Gasteiger partial charge in [-0.25, -0.2) is 4.79 Å². The lowest BCUT2D eigenvalue weighted by Crippen LogP contribution is -2.31. The number of likely N-dealkylation sites (tertiary alicyclic amines) is 1. The zero-order valence-corrected chi connectivity index (χ0v) is 6.49. The minimum Gasteiger partial charge on any atom is -0.465 e. The quantitative estimate of drug-likeness (QED) is 0.538. The second-order valence-electron chi connectivity index (χ2n) is 2.96. The van der Waals surface area contributed by atoms with E-state index in [1.165, 1.54) is 4.90 Å². The maximum absolute atomic E-state index is 10.5. The molecule has 4 nitrogen and oxygen atoms in total. The summed E-state index contributed by atoms with van der Waals surface area (Å²) in [6.07, 6.45) is 1.82. The summed E-state index contributed by atoms with van der Waals surface area (Å²) in [5.74, 6) is 0.